The number of carbonyl (C=O) groups excluding carboxylic acids is 1. The molecule has 0 atom stereocenters. The molecule has 0 bridgehead atoms. The summed E-state index contributed by atoms with van der Waals surface area (Å²) in [6.07, 6.45) is 7.00. The maximum absolute atomic E-state index is 12.5. The normalized spacial score (nSPS) is 17.5. The van der Waals surface area contributed by atoms with E-state index in [9.17, 15) is 4.79 Å². The van der Waals surface area contributed by atoms with Crippen LogP contribution in [-0.2, 0) is 19.7 Å². The van der Waals surface area contributed by atoms with Crippen LogP contribution in [-0.4, -0.2) is 56.0 Å². The Morgan fingerprint density at radius 3 is 2.48 bits per heavy atom. The SMILES string of the molecule is COC(=O)C1(c2ccc(N(CC(C)C)C3CCOCC3)c(Nc3cnc(OC)nc3)c2)CC1. The minimum absolute atomic E-state index is 0.169. The van der Waals surface area contributed by atoms with Crippen molar-refractivity contribution in [1.82, 2.24) is 9.97 Å². The number of methoxy groups -OCH3 is 2. The van der Waals surface area contributed by atoms with E-state index in [1.807, 2.05) is 0 Å². The fourth-order valence-electron chi connectivity index (χ4n) is 4.59. The van der Waals surface area contributed by atoms with Crippen molar-refractivity contribution in [3.8, 4) is 6.01 Å². The van der Waals surface area contributed by atoms with Crippen LogP contribution in [0.4, 0.5) is 17.1 Å². The number of esters is 1. The summed E-state index contributed by atoms with van der Waals surface area (Å²) >= 11 is 0. The van der Waals surface area contributed by atoms with Crippen molar-refractivity contribution >= 4 is 23.0 Å². The molecule has 0 unspecified atom stereocenters. The molecule has 8 heteroatoms. The number of aromatic nitrogens is 2. The molecule has 1 saturated heterocycles. The van der Waals surface area contributed by atoms with E-state index in [1.54, 1.807) is 19.5 Å². The molecule has 1 saturated carbocycles. The van der Waals surface area contributed by atoms with Crippen LogP contribution in [0.25, 0.3) is 0 Å². The number of hydrogen-bond acceptors (Lipinski definition) is 8. The Labute approximate surface area is 195 Å². The molecule has 0 spiro atoms. The lowest BCUT2D eigenvalue weighted by molar-refractivity contribution is -0.143. The van der Waals surface area contributed by atoms with Gasteiger partial charge in [0.1, 0.15) is 0 Å². The van der Waals surface area contributed by atoms with Crippen LogP contribution in [0.1, 0.15) is 45.1 Å². The molecule has 8 nitrogen and oxygen atoms in total. The van der Waals surface area contributed by atoms with Crippen molar-refractivity contribution < 1.29 is 19.0 Å². The summed E-state index contributed by atoms with van der Waals surface area (Å²) in [6.45, 7) is 6.96. The molecule has 0 amide bonds. The monoisotopic (exact) mass is 454 g/mol. The molecule has 178 valence electrons. The lowest BCUT2D eigenvalue weighted by atomic mass is 9.94. The zero-order chi connectivity index (χ0) is 23.4. The Bertz CT molecular complexity index is 953. The van der Waals surface area contributed by atoms with Gasteiger partial charge in [-0.3, -0.25) is 4.79 Å². The van der Waals surface area contributed by atoms with E-state index < -0.39 is 5.41 Å². The van der Waals surface area contributed by atoms with Crippen LogP contribution in [0.5, 0.6) is 6.01 Å². The molecule has 0 radical (unpaired) electrons. The number of hydrogen-bond donors (Lipinski definition) is 1. The molecule has 33 heavy (non-hydrogen) atoms. The third kappa shape index (κ3) is 5.05. The summed E-state index contributed by atoms with van der Waals surface area (Å²) < 4.78 is 15.8. The largest absolute Gasteiger partial charge is 0.468 e. The zero-order valence-corrected chi connectivity index (χ0v) is 20.0. The van der Waals surface area contributed by atoms with E-state index >= 15 is 0 Å². The molecule has 2 fully saturated rings. The quantitative estimate of drug-likeness (QED) is 0.568. The highest BCUT2D eigenvalue weighted by Crippen LogP contribution is 2.50. The van der Waals surface area contributed by atoms with Gasteiger partial charge in [0.2, 0.25) is 0 Å². The Kier molecular flexibility index (Phi) is 7.02. The molecule has 4 rings (SSSR count). The Balaban J connectivity index is 1.74. The van der Waals surface area contributed by atoms with Gasteiger partial charge in [-0.05, 0) is 49.3 Å². The molecule has 1 N–H and O–H groups in total. The summed E-state index contributed by atoms with van der Waals surface area (Å²) in [5.41, 5.74) is 3.24. The number of anilines is 3. The van der Waals surface area contributed by atoms with Crippen LogP contribution >= 0.6 is 0 Å². The first-order valence-electron chi connectivity index (χ1n) is 11.7. The smallest absolute Gasteiger partial charge is 0.316 e. The van der Waals surface area contributed by atoms with Crippen molar-refractivity contribution in [3.63, 3.8) is 0 Å². The van der Waals surface area contributed by atoms with Crippen LogP contribution in [0.2, 0.25) is 0 Å². The van der Waals surface area contributed by atoms with Gasteiger partial charge in [0.05, 0.1) is 49.1 Å². The van der Waals surface area contributed by atoms with Gasteiger partial charge >= 0.3 is 12.0 Å². The number of carbonyl (C=O) groups is 1. The molecule has 1 aromatic heterocycles. The molecule has 2 heterocycles. The van der Waals surface area contributed by atoms with Crippen molar-refractivity contribution in [1.29, 1.82) is 0 Å². The van der Waals surface area contributed by atoms with Crippen LogP contribution in [0.15, 0.2) is 30.6 Å². The lowest BCUT2D eigenvalue weighted by Crippen LogP contribution is -2.42. The van der Waals surface area contributed by atoms with E-state index in [0.29, 0.717) is 18.0 Å². The predicted octanol–water partition coefficient (Wildman–Crippen LogP) is 4.07. The van der Waals surface area contributed by atoms with E-state index in [-0.39, 0.29) is 5.97 Å². The topological polar surface area (TPSA) is 85.8 Å². The Hall–Kier alpha value is -2.87. The average Bonchev–Trinajstić information content (AvgIpc) is 3.65. The van der Waals surface area contributed by atoms with E-state index in [0.717, 1.165) is 68.1 Å². The maximum Gasteiger partial charge on any atom is 0.316 e. The molecule has 1 aliphatic carbocycles. The first-order chi connectivity index (χ1) is 16.0. The molecular formula is C25H34N4O4. The standard InChI is InChI=1S/C25H34N4O4/c1-17(2)16-29(20-7-11-33-12-8-20)22-6-5-18(25(9-10-25)23(30)31-3)13-21(22)28-19-14-26-24(32-4)27-15-19/h5-6,13-15,17,20,28H,7-12,16H2,1-4H3. The Morgan fingerprint density at radius 2 is 1.91 bits per heavy atom. The molecular weight excluding hydrogens is 420 g/mol. The first kappa shape index (κ1) is 23.3. The third-order valence-corrected chi connectivity index (χ3v) is 6.47. The predicted molar refractivity (Wildman–Crippen MR) is 127 cm³/mol. The second kappa shape index (κ2) is 9.95. The number of ether oxygens (including phenoxy) is 3. The van der Waals surface area contributed by atoms with E-state index in [2.05, 4.69) is 52.2 Å². The Morgan fingerprint density at radius 1 is 1.21 bits per heavy atom. The lowest BCUT2D eigenvalue weighted by Gasteiger charge is -2.38. The minimum atomic E-state index is -0.540. The van der Waals surface area contributed by atoms with Gasteiger partial charge in [0, 0.05) is 25.8 Å². The van der Waals surface area contributed by atoms with Gasteiger partial charge in [-0.15, -0.1) is 0 Å². The van der Waals surface area contributed by atoms with Crippen molar-refractivity contribution in [3.05, 3.63) is 36.2 Å². The van der Waals surface area contributed by atoms with Gasteiger partial charge in [-0.1, -0.05) is 19.9 Å². The van der Waals surface area contributed by atoms with E-state index in [4.69, 9.17) is 14.2 Å². The van der Waals surface area contributed by atoms with Crippen LogP contribution in [0.3, 0.4) is 0 Å². The maximum atomic E-state index is 12.5. The fourth-order valence-corrected chi connectivity index (χ4v) is 4.59. The summed E-state index contributed by atoms with van der Waals surface area (Å²) in [5, 5.41) is 3.51. The van der Waals surface area contributed by atoms with Crippen molar-refractivity contribution in [2.45, 2.75) is 51.0 Å². The average molecular weight is 455 g/mol. The number of nitrogens with zero attached hydrogens (tertiary/aromatic N) is 3. The van der Waals surface area contributed by atoms with Gasteiger partial charge in [-0.2, -0.15) is 0 Å². The highest BCUT2D eigenvalue weighted by molar-refractivity contribution is 5.88. The minimum Gasteiger partial charge on any atom is -0.468 e. The molecule has 2 aliphatic rings. The first-order valence-corrected chi connectivity index (χ1v) is 11.7. The van der Waals surface area contributed by atoms with Gasteiger partial charge < -0.3 is 24.4 Å². The summed E-state index contributed by atoms with van der Waals surface area (Å²) in [7, 11) is 3.00. The second-order valence-corrected chi connectivity index (χ2v) is 9.28. The highest BCUT2D eigenvalue weighted by Gasteiger charge is 2.52. The van der Waals surface area contributed by atoms with Gasteiger partial charge in [0.25, 0.3) is 0 Å². The third-order valence-electron chi connectivity index (χ3n) is 6.47. The fraction of sp³-hybridized carbons (Fsp3) is 0.560. The van der Waals surface area contributed by atoms with Crippen LogP contribution in [0, 0.1) is 5.92 Å². The van der Waals surface area contributed by atoms with Gasteiger partial charge in [-0.25, -0.2) is 9.97 Å². The summed E-state index contributed by atoms with van der Waals surface area (Å²) in [4.78, 5) is 23.5. The van der Waals surface area contributed by atoms with E-state index in [1.165, 1.54) is 7.11 Å². The number of nitrogens with one attached hydrogen (secondary N) is 1. The molecule has 1 aromatic carbocycles. The summed E-state index contributed by atoms with van der Waals surface area (Å²) in [6, 6.07) is 7.04. The van der Waals surface area contributed by atoms with Gasteiger partial charge in [0.15, 0.2) is 0 Å². The molecule has 2 aromatic rings. The number of rotatable bonds is 9. The number of benzene rings is 1. The molecule has 1 aliphatic heterocycles. The summed E-state index contributed by atoms with van der Waals surface area (Å²) in [5.74, 6) is 0.326. The van der Waals surface area contributed by atoms with Crippen molar-refractivity contribution in [2.24, 2.45) is 5.92 Å². The van der Waals surface area contributed by atoms with Crippen molar-refractivity contribution in [2.75, 3.05) is 44.2 Å². The zero-order valence-electron chi connectivity index (χ0n) is 20.0. The second-order valence-electron chi connectivity index (χ2n) is 9.28. The highest BCUT2D eigenvalue weighted by atomic mass is 16.5. The van der Waals surface area contributed by atoms with Crippen LogP contribution < -0.4 is 15.0 Å².